The van der Waals surface area contributed by atoms with Crippen LogP contribution in [0.4, 0.5) is 5.69 Å². The van der Waals surface area contributed by atoms with Crippen molar-refractivity contribution >= 4 is 23.1 Å². The van der Waals surface area contributed by atoms with E-state index in [0.29, 0.717) is 6.54 Å². The number of methoxy groups -OCH3 is 2. The van der Waals surface area contributed by atoms with E-state index in [1.807, 2.05) is 30.3 Å². The van der Waals surface area contributed by atoms with Crippen LogP contribution in [-0.4, -0.2) is 33.1 Å². The molecule has 4 rings (SSSR count). The molecule has 5 nitrogen and oxygen atoms in total. The molecule has 148 valence electrons. The molecule has 2 aromatic carbocycles. The average Bonchev–Trinajstić information content (AvgIpc) is 2.72. The van der Waals surface area contributed by atoms with Gasteiger partial charge in [0.25, 0.3) is 0 Å². The molecule has 0 unspecified atom stereocenters. The third kappa shape index (κ3) is 3.56. The Balaban J connectivity index is 1.75. The van der Waals surface area contributed by atoms with Crippen LogP contribution in [0.15, 0.2) is 41.4 Å². The van der Waals surface area contributed by atoms with Gasteiger partial charge >= 0.3 is 0 Å². The number of nitrogens with zero attached hydrogens (tertiary/aromatic N) is 1. The van der Waals surface area contributed by atoms with Gasteiger partial charge in [-0.15, -0.1) is 0 Å². The van der Waals surface area contributed by atoms with Crippen molar-refractivity contribution in [3.8, 4) is 11.5 Å². The third-order valence-corrected chi connectivity index (χ3v) is 6.04. The van der Waals surface area contributed by atoms with Gasteiger partial charge in [-0.2, -0.15) is 0 Å². The highest BCUT2D eigenvalue weighted by Gasteiger charge is 2.43. The molecule has 0 amide bonds. The normalized spacial score (nSPS) is 19.2. The number of fused-ring (bicyclic) bond motifs is 1. The van der Waals surface area contributed by atoms with Crippen LogP contribution in [0.25, 0.3) is 0 Å². The minimum Gasteiger partial charge on any atom is -0.496 e. The van der Waals surface area contributed by atoms with Gasteiger partial charge in [0.15, 0.2) is 0 Å². The summed E-state index contributed by atoms with van der Waals surface area (Å²) in [5.41, 5.74) is 3.23. The van der Waals surface area contributed by atoms with Crippen molar-refractivity contribution < 1.29 is 9.47 Å². The van der Waals surface area contributed by atoms with E-state index in [9.17, 15) is 0 Å². The number of benzene rings is 2. The van der Waals surface area contributed by atoms with Gasteiger partial charge in [-0.05, 0) is 62.2 Å². The fraction of sp³-hybridized carbons (Fsp3) is 0.409. The first-order valence-corrected chi connectivity index (χ1v) is 10.0. The SMILES string of the molecule is COc1ccc(OC)c2c1CC1(CCNCC1)C(=NCc1cccc(Cl)c1)N2. The van der Waals surface area contributed by atoms with Crippen molar-refractivity contribution in [2.45, 2.75) is 25.8 Å². The zero-order valence-electron chi connectivity index (χ0n) is 16.3. The zero-order chi connectivity index (χ0) is 19.6. The summed E-state index contributed by atoms with van der Waals surface area (Å²) in [7, 11) is 3.42. The van der Waals surface area contributed by atoms with Crippen LogP contribution in [0.5, 0.6) is 11.5 Å². The van der Waals surface area contributed by atoms with Gasteiger partial charge in [-0.25, -0.2) is 0 Å². The molecule has 0 saturated carbocycles. The number of aliphatic imine (C=N–C) groups is 1. The van der Waals surface area contributed by atoms with E-state index in [2.05, 4.69) is 16.7 Å². The molecule has 0 aliphatic carbocycles. The number of hydrogen-bond acceptors (Lipinski definition) is 4. The highest BCUT2D eigenvalue weighted by atomic mass is 35.5. The van der Waals surface area contributed by atoms with E-state index in [0.717, 1.165) is 66.0 Å². The number of anilines is 1. The van der Waals surface area contributed by atoms with E-state index in [1.54, 1.807) is 14.2 Å². The van der Waals surface area contributed by atoms with Crippen molar-refractivity contribution in [3.05, 3.63) is 52.5 Å². The number of piperidine rings is 1. The highest BCUT2D eigenvalue weighted by Crippen LogP contribution is 2.47. The molecule has 2 N–H and O–H groups in total. The predicted molar refractivity (Wildman–Crippen MR) is 114 cm³/mol. The number of nitrogens with one attached hydrogen (secondary N) is 2. The summed E-state index contributed by atoms with van der Waals surface area (Å²) in [5, 5.41) is 7.84. The lowest BCUT2D eigenvalue weighted by Gasteiger charge is -2.43. The Kier molecular flexibility index (Phi) is 5.47. The second kappa shape index (κ2) is 8.02. The molecule has 0 aromatic heterocycles. The van der Waals surface area contributed by atoms with E-state index < -0.39 is 0 Å². The zero-order valence-corrected chi connectivity index (χ0v) is 17.1. The average molecular weight is 400 g/mol. The topological polar surface area (TPSA) is 54.9 Å². The molecule has 1 saturated heterocycles. The second-order valence-corrected chi connectivity index (χ2v) is 7.89. The molecule has 1 fully saturated rings. The summed E-state index contributed by atoms with van der Waals surface area (Å²) in [5.74, 6) is 2.75. The van der Waals surface area contributed by atoms with Crippen LogP contribution < -0.4 is 20.1 Å². The third-order valence-electron chi connectivity index (χ3n) is 5.80. The maximum atomic E-state index is 6.15. The van der Waals surface area contributed by atoms with Crippen molar-refractivity contribution in [2.24, 2.45) is 10.4 Å². The van der Waals surface area contributed by atoms with E-state index >= 15 is 0 Å². The van der Waals surface area contributed by atoms with Gasteiger partial charge in [-0.3, -0.25) is 4.99 Å². The van der Waals surface area contributed by atoms with Crippen LogP contribution in [0.3, 0.4) is 0 Å². The summed E-state index contributed by atoms with van der Waals surface area (Å²) in [6, 6.07) is 11.8. The minimum absolute atomic E-state index is 0.0174. The van der Waals surface area contributed by atoms with Gasteiger partial charge in [0.05, 0.1) is 26.5 Å². The Hall–Kier alpha value is -2.24. The largest absolute Gasteiger partial charge is 0.496 e. The summed E-state index contributed by atoms with van der Waals surface area (Å²) in [6.07, 6.45) is 2.97. The van der Waals surface area contributed by atoms with Gasteiger partial charge < -0.3 is 20.1 Å². The van der Waals surface area contributed by atoms with Crippen LogP contribution in [-0.2, 0) is 13.0 Å². The molecule has 6 heteroatoms. The highest BCUT2D eigenvalue weighted by molar-refractivity contribution is 6.30. The quantitative estimate of drug-likeness (QED) is 0.805. The minimum atomic E-state index is -0.0174. The lowest BCUT2D eigenvalue weighted by Crippen LogP contribution is -2.49. The lowest BCUT2D eigenvalue weighted by atomic mass is 9.70. The second-order valence-electron chi connectivity index (χ2n) is 7.45. The lowest BCUT2D eigenvalue weighted by molar-refractivity contribution is 0.287. The summed E-state index contributed by atoms with van der Waals surface area (Å²) >= 11 is 6.15. The summed E-state index contributed by atoms with van der Waals surface area (Å²) < 4.78 is 11.3. The molecule has 2 aliphatic heterocycles. The Labute approximate surface area is 171 Å². The smallest absolute Gasteiger partial charge is 0.142 e. The van der Waals surface area contributed by atoms with Crippen LogP contribution in [0.1, 0.15) is 24.0 Å². The molecule has 2 aromatic rings. The molecule has 1 spiro atoms. The van der Waals surface area contributed by atoms with Crippen molar-refractivity contribution in [2.75, 3.05) is 32.6 Å². The Morgan fingerprint density at radius 2 is 1.82 bits per heavy atom. The number of amidine groups is 1. The van der Waals surface area contributed by atoms with Crippen LogP contribution in [0, 0.1) is 5.41 Å². The molecule has 0 atom stereocenters. The maximum absolute atomic E-state index is 6.15. The van der Waals surface area contributed by atoms with Gasteiger partial charge in [-0.1, -0.05) is 23.7 Å². The fourth-order valence-corrected chi connectivity index (χ4v) is 4.50. The van der Waals surface area contributed by atoms with Crippen LogP contribution >= 0.6 is 11.6 Å². The predicted octanol–water partition coefficient (Wildman–Crippen LogP) is 4.29. The van der Waals surface area contributed by atoms with Crippen molar-refractivity contribution in [3.63, 3.8) is 0 Å². The van der Waals surface area contributed by atoms with E-state index in [4.69, 9.17) is 26.1 Å². The Morgan fingerprint density at radius 3 is 2.54 bits per heavy atom. The van der Waals surface area contributed by atoms with Crippen molar-refractivity contribution in [1.82, 2.24) is 5.32 Å². The first-order chi connectivity index (χ1) is 13.6. The Bertz CT molecular complexity index is 891. The molecule has 0 radical (unpaired) electrons. The number of ether oxygens (including phenoxy) is 2. The molecule has 0 bridgehead atoms. The molecule has 28 heavy (non-hydrogen) atoms. The van der Waals surface area contributed by atoms with Crippen molar-refractivity contribution in [1.29, 1.82) is 0 Å². The van der Waals surface area contributed by atoms with E-state index in [-0.39, 0.29) is 5.41 Å². The molecular weight excluding hydrogens is 374 g/mol. The summed E-state index contributed by atoms with van der Waals surface area (Å²) in [6.45, 7) is 2.57. The standard InChI is InChI=1S/C22H26ClN3O2/c1-27-18-6-7-19(28-2)20-17(18)13-22(8-10-24-11-9-22)21(26-20)25-14-15-4-3-5-16(23)12-15/h3-7,12,24H,8-11,13-14H2,1-2H3,(H,25,26). The first kappa shape index (κ1) is 19.1. The van der Waals surface area contributed by atoms with E-state index in [1.165, 1.54) is 5.56 Å². The molecule has 2 aliphatic rings. The number of halogens is 1. The maximum Gasteiger partial charge on any atom is 0.142 e. The fourth-order valence-electron chi connectivity index (χ4n) is 4.29. The molecule has 2 heterocycles. The first-order valence-electron chi connectivity index (χ1n) is 9.66. The number of rotatable bonds is 4. The van der Waals surface area contributed by atoms with Crippen LogP contribution in [0.2, 0.25) is 5.02 Å². The van der Waals surface area contributed by atoms with Gasteiger partial charge in [0, 0.05) is 16.0 Å². The Morgan fingerprint density at radius 1 is 1.07 bits per heavy atom. The monoisotopic (exact) mass is 399 g/mol. The van der Waals surface area contributed by atoms with Gasteiger partial charge in [0.1, 0.15) is 17.3 Å². The summed E-state index contributed by atoms with van der Waals surface area (Å²) in [4.78, 5) is 5.02. The number of hydrogen-bond donors (Lipinski definition) is 2. The van der Waals surface area contributed by atoms with Gasteiger partial charge in [0.2, 0.25) is 0 Å². The molecular formula is C22H26ClN3O2.